The Morgan fingerprint density at radius 2 is 2.26 bits per heavy atom. The molecular weight excluding hydrogens is 242 g/mol. The van der Waals surface area contributed by atoms with Crippen molar-refractivity contribution in [2.75, 3.05) is 20.1 Å². The van der Waals surface area contributed by atoms with Crippen LogP contribution in [0.1, 0.15) is 36.7 Å². The van der Waals surface area contributed by atoms with Crippen LogP contribution in [-0.4, -0.2) is 45.7 Å². The van der Waals surface area contributed by atoms with E-state index in [2.05, 4.69) is 21.5 Å². The normalized spacial score (nSPS) is 28.1. The number of aromatic nitrogens is 2. The van der Waals surface area contributed by atoms with Crippen LogP contribution in [0.2, 0.25) is 0 Å². The van der Waals surface area contributed by atoms with Gasteiger partial charge in [-0.25, -0.2) is 4.98 Å². The Morgan fingerprint density at radius 3 is 3.00 bits per heavy atom. The average molecular weight is 263 g/mol. The Balaban J connectivity index is 1.80. The van der Waals surface area contributed by atoms with Crippen LogP contribution in [0.25, 0.3) is 0 Å². The van der Waals surface area contributed by atoms with Gasteiger partial charge in [-0.2, -0.15) is 0 Å². The maximum absolute atomic E-state index is 11.1. The first-order valence-electron chi connectivity index (χ1n) is 7.11. The number of imidazole rings is 1. The summed E-state index contributed by atoms with van der Waals surface area (Å²) in [5.41, 5.74) is 1.10. The molecule has 1 fully saturated rings. The molecule has 0 radical (unpaired) electrons. The fourth-order valence-electron chi connectivity index (χ4n) is 3.40. The standard InChI is InChI=1S/C14H21N3O2/c1-16-5-2-3-11(9-16)13-15-8-12-7-10(14(18)19)4-6-17(12)13/h8,10-11H,2-7,9H2,1H3,(H,18,19). The lowest BCUT2D eigenvalue weighted by atomic mass is 9.94. The molecule has 0 saturated carbocycles. The highest BCUT2D eigenvalue weighted by atomic mass is 16.4. The predicted molar refractivity (Wildman–Crippen MR) is 71.1 cm³/mol. The molecule has 104 valence electrons. The van der Waals surface area contributed by atoms with E-state index in [-0.39, 0.29) is 5.92 Å². The number of aliphatic carboxylic acids is 1. The second kappa shape index (κ2) is 4.96. The molecule has 0 aromatic carbocycles. The number of carboxylic acid groups (broad SMARTS) is 1. The van der Waals surface area contributed by atoms with E-state index in [1.807, 2.05) is 6.20 Å². The number of piperidine rings is 1. The van der Waals surface area contributed by atoms with Gasteiger partial charge in [0.1, 0.15) is 5.82 Å². The van der Waals surface area contributed by atoms with Crippen LogP contribution in [0.15, 0.2) is 6.20 Å². The molecule has 0 bridgehead atoms. The van der Waals surface area contributed by atoms with Gasteiger partial charge in [0.15, 0.2) is 0 Å². The van der Waals surface area contributed by atoms with Crippen molar-refractivity contribution in [1.82, 2.24) is 14.5 Å². The van der Waals surface area contributed by atoms with Gasteiger partial charge >= 0.3 is 5.97 Å². The van der Waals surface area contributed by atoms with Crippen LogP contribution in [0.5, 0.6) is 0 Å². The lowest BCUT2D eigenvalue weighted by Gasteiger charge is -2.31. The van der Waals surface area contributed by atoms with Gasteiger partial charge in [-0.3, -0.25) is 4.79 Å². The molecule has 2 unspecified atom stereocenters. The van der Waals surface area contributed by atoms with Gasteiger partial charge in [-0.15, -0.1) is 0 Å². The van der Waals surface area contributed by atoms with Gasteiger partial charge in [0.25, 0.3) is 0 Å². The molecular formula is C14H21N3O2. The zero-order chi connectivity index (χ0) is 13.4. The SMILES string of the molecule is CN1CCCC(c2ncc3n2CCC(C(=O)O)C3)C1. The zero-order valence-electron chi connectivity index (χ0n) is 11.4. The fraction of sp³-hybridized carbons (Fsp3) is 0.714. The molecule has 2 atom stereocenters. The minimum absolute atomic E-state index is 0.230. The van der Waals surface area contributed by atoms with Gasteiger partial charge in [0.05, 0.1) is 5.92 Å². The van der Waals surface area contributed by atoms with E-state index < -0.39 is 5.97 Å². The van der Waals surface area contributed by atoms with Crippen molar-refractivity contribution < 1.29 is 9.90 Å². The third-order valence-corrected chi connectivity index (χ3v) is 4.46. The summed E-state index contributed by atoms with van der Waals surface area (Å²) in [6, 6.07) is 0. The molecule has 1 N–H and O–H groups in total. The van der Waals surface area contributed by atoms with Crippen molar-refractivity contribution in [3.63, 3.8) is 0 Å². The quantitative estimate of drug-likeness (QED) is 0.874. The maximum atomic E-state index is 11.1. The third-order valence-electron chi connectivity index (χ3n) is 4.46. The minimum Gasteiger partial charge on any atom is -0.481 e. The highest BCUT2D eigenvalue weighted by molar-refractivity contribution is 5.70. The molecule has 19 heavy (non-hydrogen) atoms. The molecule has 2 aliphatic heterocycles. The Hall–Kier alpha value is -1.36. The van der Waals surface area contributed by atoms with Gasteiger partial charge in [0.2, 0.25) is 0 Å². The van der Waals surface area contributed by atoms with Crippen molar-refractivity contribution in [2.24, 2.45) is 5.92 Å². The molecule has 0 aliphatic carbocycles. The highest BCUT2D eigenvalue weighted by Crippen LogP contribution is 2.29. The largest absolute Gasteiger partial charge is 0.481 e. The summed E-state index contributed by atoms with van der Waals surface area (Å²) in [5.74, 6) is 0.775. The fourth-order valence-corrected chi connectivity index (χ4v) is 3.40. The van der Waals surface area contributed by atoms with Crippen LogP contribution >= 0.6 is 0 Å². The first-order chi connectivity index (χ1) is 9.15. The first kappa shape index (κ1) is 12.7. The smallest absolute Gasteiger partial charge is 0.306 e. The first-order valence-corrected chi connectivity index (χ1v) is 7.11. The third kappa shape index (κ3) is 2.39. The molecule has 2 aliphatic rings. The van der Waals surface area contributed by atoms with E-state index in [9.17, 15) is 4.79 Å². The summed E-state index contributed by atoms with van der Waals surface area (Å²) in [6.45, 7) is 3.05. The summed E-state index contributed by atoms with van der Waals surface area (Å²) < 4.78 is 2.27. The molecule has 1 aromatic rings. The second-order valence-corrected chi connectivity index (χ2v) is 5.89. The highest BCUT2D eigenvalue weighted by Gasteiger charge is 2.29. The predicted octanol–water partition coefficient (Wildman–Crippen LogP) is 1.34. The number of hydrogen-bond donors (Lipinski definition) is 1. The Morgan fingerprint density at radius 1 is 1.42 bits per heavy atom. The van der Waals surface area contributed by atoms with Crippen molar-refractivity contribution >= 4 is 5.97 Å². The molecule has 1 aromatic heterocycles. The number of hydrogen-bond acceptors (Lipinski definition) is 3. The van der Waals surface area contributed by atoms with Crippen LogP contribution in [0, 0.1) is 5.92 Å². The Kier molecular flexibility index (Phi) is 3.31. The molecule has 5 nitrogen and oxygen atoms in total. The van der Waals surface area contributed by atoms with Crippen molar-refractivity contribution in [3.05, 3.63) is 17.7 Å². The molecule has 3 heterocycles. The Bertz CT molecular complexity index is 483. The summed E-state index contributed by atoms with van der Waals surface area (Å²) in [4.78, 5) is 18.0. The zero-order valence-corrected chi connectivity index (χ0v) is 11.4. The van der Waals surface area contributed by atoms with E-state index in [0.29, 0.717) is 12.3 Å². The van der Waals surface area contributed by atoms with Crippen molar-refractivity contribution in [1.29, 1.82) is 0 Å². The number of rotatable bonds is 2. The average Bonchev–Trinajstić information content (AvgIpc) is 2.81. The molecule has 0 amide bonds. The summed E-state index contributed by atoms with van der Waals surface area (Å²) in [5, 5.41) is 9.12. The van der Waals surface area contributed by atoms with E-state index in [4.69, 9.17) is 5.11 Å². The number of likely N-dealkylation sites (N-methyl/N-ethyl adjacent to an activating group) is 1. The lowest BCUT2D eigenvalue weighted by molar-refractivity contribution is -0.142. The number of likely N-dealkylation sites (tertiary alicyclic amines) is 1. The summed E-state index contributed by atoms with van der Waals surface area (Å²) in [7, 11) is 2.16. The van der Waals surface area contributed by atoms with E-state index in [1.165, 1.54) is 25.2 Å². The Labute approximate surface area is 113 Å². The number of nitrogens with zero attached hydrogens (tertiary/aromatic N) is 3. The van der Waals surface area contributed by atoms with Crippen LogP contribution in [0.3, 0.4) is 0 Å². The van der Waals surface area contributed by atoms with Crippen molar-refractivity contribution in [3.8, 4) is 0 Å². The number of carboxylic acids is 1. The molecule has 1 saturated heterocycles. The molecule has 5 heteroatoms. The van der Waals surface area contributed by atoms with Crippen molar-refractivity contribution in [2.45, 2.75) is 38.1 Å². The molecule has 3 rings (SSSR count). The monoisotopic (exact) mass is 263 g/mol. The van der Waals surface area contributed by atoms with Gasteiger partial charge < -0.3 is 14.6 Å². The molecule has 0 spiro atoms. The summed E-state index contributed by atoms with van der Waals surface area (Å²) >= 11 is 0. The lowest BCUT2D eigenvalue weighted by Crippen LogP contribution is -2.33. The number of fused-ring (bicyclic) bond motifs is 1. The van der Waals surface area contributed by atoms with Gasteiger partial charge in [-0.1, -0.05) is 0 Å². The van der Waals surface area contributed by atoms with E-state index >= 15 is 0 Å². The van der Waals surface area contributed by atoms with Crippen LogP contribution in [-0.2, 0) is 17.8 Å². The van der Waals surface area contributed by atoms with Crippen LogP contribution < -0.4 is 0 Å². The van der Waals surface area contributed by atoms with Gasteiger partial charge in [-0.05, 0) is 32.9 Å². The number of carbonyl (C=O) groups is 1. The topological polar surface area (TPSA) is 58.4 Å². The minimum atomic E-state index is -0.675. The van der Waals surface area contributed by atoms with Gasteiger partial charge in [0, 0.05) is 37.3 Å². The van der Waals surface area contributed by atoms with E-state index in [1.54, 1.807) is 0 Å². The second-order valence-electron chi connectivity index (χ2n) is 5.89. The summed E-state index contributed by atoms with van der Waals surface area (Å²) in [6.07, 6.45) is 5.67. The van der Waals surface area contributed by atoms with Crippen LogP contribution in [0.4, 0.5) is 0 Å². The maximum Gasteiger partial charge on any atom is 0.306 e. The van der Waals surface area contributed by atoms with E-state index in [0.717, 1.165) is 25.2 Å².